The van der Waals surface area contributed by atoms with Crippen LogP contribution in [0.4, 0.5) is 0 Å². The Morgan fingerprint density at radius 1 is 1.15 bits per heavy atom. The second-order valence-electron chi connectivity index (χ2n) is 11.4. The van der Waals surface area contributed by atoms with Gasteiger partial charge in [-0.15, -0.1) is 0 Å². The molecule has 5 rings (SSSR count). The van der Waals surface area contributed by atoms with Crippen LogP contribution in [-0.4, -0.2) is 84.6 Å². The minimum absolute atomic E-state index is 0.0234. The lowest BCUT2D eigenvalue weighted by Gasteiger charge is -2.39. The molecule has 2 atom stereocenters. The number of ether oxygens (including phenoxy) is 1. The summed E-state index contributed by atoms with van der Waals surface area (Å²) in [6.07, 6.45) is 18.7. The van der Waals surface area contributed by atoms with Gasteiger partial charge in [-0.25, -0.2) is 0 Å². The molecule has 0 unspecified atom stereocenters. The maximum Gasteiger partial charge on any atom is 0.237 e. The maximum atomic E-state index is 12.2. The summed E-state index contributed by atoms with van der Waals surface area (Å²) in [4.78, 5) is 27.2. The smallest absolute Gasteiger partial charge is 0.237 e. The zero-order valence-electron chi connectivity index (χ0n) is 24.4. The average Bonchev–Trinajstić information content (AvgIpc) is 3.10. The van der Waals surface area contributed by atoms with Crippen LogP contribution in [0.25, 0.3) is 0 Å². The van der Waals surface area contributed by atoms with E-state index >= 15 is 0 Å². The molecule has 2 fully saturated rings. The van der Waals surface area contributed by atoms with E-state index < -0.39 is 0 Å². The molecule has 0 bridgehead atoms. The van der Waals surface area contributed by atoms with Gasteiger partial charge in [-0.05, 0) is 69.8 Å². The fourth-order valence-electron chi connectivity index (χ4n) is 6.09. The molecule has 8 heteroatoms. The fourth-order valence-corrected chi connectivity index (χ4v) is 6.83. The van der Waals surface area contributed by atoms with Gasteiger partial charge in [0.05, 0.1) is 25.0 Å². The van der Waals surface area contributed by atoms with Gasteiger partial charge in [-0.2, -0.15) is 0 Å². The van der Waals surface area contributed by atoms with Crippen molar-refractivity contribution in [1.82, 2.24) is 19.4 Å². The van der Waals surface area contributed by atoms with Crippen LogP contribution in [0, 0.1) is 5.41 Å². The van der Waals surface area contributed by atoms with E-state index in [4.69, 9.17) is 4.74 Å². The van der Waals surface area contributed by atoms with Gasteiger partial charge in [0.25, 0.3) is 0 Å². The summed E-state index contributed by atoms with van der Waals surface area (Å²) in [6.45, 7) is 6.99. The number of carbonyl (C=O) groups is 2. The van der Waals surface area contributed by atoms with Crippen molar-refractivity contribution in [2.24, 2.45) is 5.41 Å². The van der Waals surface area contributed by atoms with E-state index in [9.17, 15) is 9.59 Å². The zero-order valence-corrected chi connectivity index (χ0v) is 25.2. The highest BCUT2D eigenvalue weighted by molar-refractivity contribution is 7.96. The number of carbonyl (C=O) groups excluding carboxylic acids is 2. The topological polar surface area (TPSA) is 65.1 Å². The zero-order chi connectivity index (χ0) is 28.4. The predicted molar refractivity (Wildman–Crippen MR) is 163 cm³/mol. The number of hydrogen-bond acceptors (Lipinski definition) is 6. The molecule has 1 aliphatic carbocycles. The first-order chi connectivity index (χ1) is 19.5. The van der Waals surface area contributed by atoms with Crippen LogP contribution in [0.3, 0.4) is 0 Å². The van der Waals surface area contributed by atoms with Gasteiger partial charge in [-0.3, -0.25) is 14.5 Å². The monoisotopic (exact) mass is 566 g/mol. The molecule has 3 heterocycles. The minimum Gasteiger partial charge on any atom is -0.375 e. The molecular weight excluding hydrogens is 520 g/mol. The number of likely N-dealkylation sites (N-methyl/N-ethyl adjacent to an activating group) is 1. The molecule has 0 saturated carbocycles. The summed E-state index contributed by atoms with van der Waals surface area (Å²) in [5, 5.41) is 3.06. The Labute approximate surface area is 244 Å². The molecule has 218 valence electrons. The van der Waals surface area contributed by atoms with E-state index in [1.807, 2.05) is 61.2 Å². The maximum absolute atomic E-state index is 12.2. The van der Waals surface area contributed by atoms with Gasteiger partial charge < -0.3 is 19.3 Å². The highest BCUT2D eigenvalue weighted by atomic mass is 32.2. The van der Waals surface area contributed by atoms with Crippen LogP contribution < -0.4 is 5.32 Å². The van der Waals surface area contributed by atoms with Gasteiger partial charge in [0.1, 0.15) is 0 Å². The van der Waals surface area contributed by atoms with Crippen LogP contribution in [-0.2, 0) is 20.9 Å². The second kappa shape index (κ2) is 14.9. The molecule has 0 radical (unpaired) electrons. The van der Waals surface area contributed by atoms with Crippen molar-refractivity contribution >= 4 is 24.3 Å². The minimum atomic E-state index is 0.0234. The molecule has 2 saturated heterocycles. The van der Waals surface area contributed by atoms with Crippen molar-refractivity contribution in [2.45, 2.75) is 64.1 Å². The van der Waals surface area contributed by atoms with Crippen molar-refractivity contribution in [3.8, 4) is 0 Å². The molecule has 1 aromatic rings. The summed E-state index contributed by atoms with van der Waals surface area (Å²) in [5.74, 6) is 0.132. The third-order valence-corrected chi connectivity index (χ3v) is 9.23. The molecule has 3 aliphatic heterocycles. The van der Waals surface area contributed by atoms with Crippen LogP contribution in [0.5, 0.6) is 0 Å². The molecule has 1 aromatic carbocycles. The van der Waals surface area contributed by atoms with Crippen LogP contribution in [0.15, 0.2) is 65.9 Å². The molecule has 2 amide bonds. The molecule has 4 aliphatic rings. The Bertz CT molecular complexity index is 1070. The SMILES string of the molecule is CSN1CC2(CCN(C=O)CC2)C2=C1C=CCC=C2.C[C@@H](COCc1ccccc1)NC(=O)[C@H]1CCCCN1C. The Kier molecular flexibility index (Phi) is 11.3. The first kappa shape index (κ1) is 30.4. The first-order valence-corrected chi connectivity index (χ1v) is 15.8. The molecule has 7 nitrogen and oxygen atoms in total. The van der Waals surface area contributed by atoms with Crippen molar-refractivity contribution in [1.29, 1.82) is 0 Å². The van der Waals surface area contributed by atoms with E-state index in [-0.39, 0.29) is 23.4 Å². The summed E-state index contributed by atoms with van der Waals surface area (Å²) >= 11 is 1.81. The van der Waals surface area contributed by atoms with Gasteiger partial charge in [-0.1, -0.05) is 66.9 Å². The van der Waals surface area contributed by atoms with Crippen LogP contribution in [0.1, 0.15) is 51.0 Å². The van der Waals surface area contributed by atoms with Gasteiger partial charge in [0, 0.05) is 37.3 Å². The largest absolute Gasteiger partial charge is 0.375 e. The molecule has 40 heavy (non-hydrogen) atoms. The third-order valence-electron chi connectivity index (χ3n) is 8.46. The highest BCUT2D eigenvalue weighted by Crippen LogP contribution is 2.49. The number of fused-ring (bicyclic) bond motifs is 1. The summed E-state index contributed by atoms with van der Waals surface area (Å²) in [6, 6.07) is 10.1. The molecule has 1 spiro atoms. The molecule has 0 aromatic heterocycles. The Balaban J connectivity index is 0.000000186. The number of rotatable bonds is 8. The van der Waals surface area contributed by atoms with Crippen molar-refractivity contribution in [2.75, 3.05) is 46.1 Å². The second-order valence-corrected chi connectivity index (χ2v) is 12.2. The lowest BCUT2D eigenvalue weighted by atomic mass is 9.73. The number of nitrogens with one attached hydrogen (secondary N) is 1. The number of allylic oxidation sites excluding steroid dienone is 4. The number of likely N-dealkylation sites (tertiary alicyclic amines) is 2. The normalized spacial score (nSPS) is 22.8. The van der Waals surface area contributed by atoms with Gasteiger partial charge in [0.2, 0.25) is 12.3 Å². The summed E-state index contributed by atoms with van der Waals surface area (Å²) < 4.78 is 8.08. The quantitative estimate of drug-likeness (QED) is 0.361. The number of amides is 2. The Morgan fingerprint density at radius 3 is 2.60 bits per heavy atom. The number of hydrogen-bond donors (Lipinski definition) is 1. The number of piperidine rings is 2. The van der Waals surface area contributed by atoms with E-state index in [0.29, 0.717) is 13.2 Å². The van der Waals surface area contributed by atoms with Gasteiger partial charge in [0.15, 0.2) is 0 Å². The van der Waals surface area contributed by atoms with Crippen LogP contribution >= 0.6 is 11.9 Å². The predicted octanol–water partition coefficient (Wildman–Crippen LogP) is 4.78. The molecule has 1 N–H and O–H groups in total. The van der Waals surface area contributed by atoms with E-state index in [1.54, 1.807) is 0 Å². The number of nitrogens with zero attached hydrogens (tertiary/aromatic N) is 3. The van der Waals surface area contributed by atoms with Crippen molar-refractivity contribution in [3.63, 3.8) is 0 Å². The van der Waals surface area contributed by atoms with Crippen molar-refractivity contribution in [3.05, 3.63) is 71.5 Å². The lowest BCUT2D eigenvalue weighted by molar-refractivity contribution is -0.128. The summed E-state index contributed by atoms with van der Waals surface area (Å²) in [5.41, 5.74) is 4.27. The highest BCUT2D eigenvalue weighted by Gasteiger charge is 2.44. The summed E-state index contributed by atoms with van der Waals surface area (Å²) in [7, 11) is 2.03. The van der Waals surface area contributed by atoms with Gasteiger partial charge >= 0.3 is 0 Å². The lowest BCUT2D eigenvalue weighted by Crippen LogP contribution is -2.50. The molecular formula is C32H46N4O3S. The van der Waals surface area contributed by atoms with Crippen molar-refractivity contribution < 1.29 is 14.3 Å². The third kappa shape index (κ3) is 7.80. The standard InChI is InChI=1S/C17H26N2O2.C15H20N2OS/c1-14(12-21-13-15-8-4-3-5-9-15)18-17(20)16-10-6-7-11-19(16)2;1-19-17-11-15(7-9-16(12-18)10-8-15)13-5-3-2-4-6-14(13)17/h3-5,8-9,14,16H,6-7,10-13H2,1-2H3,(H,18,20);3-6,12H,2,7-11H2,1H3/t14-,16+;/m0./s1. The average molecular weight is 567 g/mol. The fraction of sp³-hybridized carbons (Fsp3) is 0.562. The van der Waals surface area contributed by atoms with Crippen LogP contribution in [0.2, 0.25) is 0 Å². The van der Waals surface area contributed by atoms with E-state index in [0.717, 1.165) is 70.3 Å². The number of benzene rings is 1. The van der Waals surface area contributed by atoms with E-state index in [2.05, 4.69) is 45.1 Å². The Hall–Kier alpha value is -2.55. The van der Waals surface area contributed by atoms with E-state index in [1.165, 1.54) is 17.7 Å². The first-order valence-electron chi connectivity index (χ1n) is 14.7. The Morgan fingerprint density at radius 2 is 1.90 bits per heavy atom.